The molecule has 0 radical (unpaired) electrons. The molecule has 0 unspecified atom stereocenters. The fourth-order valence-corrected chi connectivity index (χ4v) is 3.12. The van der Waals surface area contributed by atoms with Crippen LogP contribution in [0, 0.1) is 6.92 Å². The molecule has 1 aliphatic rings. The first-order valence-corrected chi connectivity index (χ1v) is 8.60. The first kappa shape index (κ1) is 16.4. The molecule has 0 fully saturated rings. The zero-order valence-corrected chi connectivity index (χ0v) is 14.5. The van der Waals surface area contributed by atoms with Gasteiger partial charge in [0.25, 0.3) is 5.91 Å². The molecule has 1 amide bonds. The fraction of sp³-hybridized carbons (Fsp3) is 0.316. The minimum atomic E-state index is -0.0691. The fourth-order valence-electron chi connectivity index (χ4n) is 3.12. The van der Waals surface area contributed by atoms with Gasteiger partial charge in [-0.25, -0.2) is 0 Å². The van der Waals surface area contributed by atoms with E-state index < -0.39 is 0 Å². The van der Waals surface area contributed by atoms with E-state index in [9.17, 15) is 4.79 Å². The summed E-state index contributed by atoms with van der Waals surface area (Å²) in [6, 6.07) is 7.37. The Morgan fingerprint density at radius 2 is 2.27 bits per heavy atom. The molecule has 3 aromatic heterocycles. The third kappa shape index (κ3) is 3.33. The molecule has 3 aromatic rings. The molecule has 4 rings (SSSR count). The quantitative estimate of drug-likeness (QED) is 0.722. The van der Waals surface area contributed by atoms with Crippen LogP contribution in [-0.4, -0.2) is 38.2 Å². The Labute approximate surface area is 151 Å². The Morgan fingerprint density at radius 1 is 1.35 bits per heavy atom. The number of hydrogen-bond acceptors (Lipinski definition) is 5. The van der Waals surface area contributed by atoms with Crippen LogP contribution in [0.3, 0.4) is 0 Å². The number of carbonyl (C=O) groups is 1. The lowest BCUT2D eigenvalue weighted by Gasteiger charge is -2.29. The van der Waals surface area contributed by atoms with E-state index in [0.29, 0.717) is 24.5 Å². The summed E-state index contributed by atoms with van der Waals surface area (Å²) in [6.45, 7) is 3.57. The SMILES string of the molecule is Cc1ccc(OC[C@H]2CCn3nccc3CN2C(=O)c2ccoc2)cn1. The number of nitrogens with zero attached hydrogens (tertiary/aromatic N) is 4. The van der Waals surface area contributed by atoms with Gasteiger partial charge in [0, 0.05) is 18.4 Å². The Bertz CT molecular complexity index is 871. The van der Waals surface area contributed by atoms with E-state index in [0.717, 1.165) is 24.4 Å². The third-order valence-electron chi connectivity index (χ3n) is 4.61. The van der Waals surface area contributed by atoms with Gasteiger partial charge in [-0.3, -0.25) is 14.5 Å². The van der Waals surface area contributed by atoms with Crippen molar-refractivity contribution in [2.45, 2.75) is 32.5 Å². The van der Waals surface area contributed by atoms with Gasteiger partial charge in [0.1, 0.15) is 18.6 Å². The molecule has 4 heterocycles. The van der Waals surface area contributed by atoms with Crippen molar-refractivity contribution < 1.29 is 13.9 Å². The van der Waals surface area contributed by atoms with Gasteiger partial charge in [0.05, 0.1) is 36.3 Å². The smallest absolute Gasteiger partial charge is 0.257 e. The van der Waals surface area contributed by atoms with Gasteiger partial charge >= 0.3 is 0 Å². The predicted molar refractivity (Wildman–Crippen MR) is 93.7 cm³/mol. The summed E-state index contributed by atoms with van der Waals surface area (Å²) in [5, 5.41) is 4.35. The second-order valence-corrected chi connectivity index (χ2v) is 6.38. The average Bonchev–Trinajstić information content (AvgIpc) is 3.31. The van der Waals surface area contributed by atoms with Gasteiger partial charge in [-0.15, -0.1) is 0 Å². The van der Waals surface area contributed by atoms with Crippen LogP contribution in [0.25, 0.3) is 0 Å². The number of amides is 1. The molecule has 134 valence electrons. The van der Waals surface area contributed by atoms with Crippen molar-refractivity contribution in [2.75, 3.05) is 6.61 Å². The molecule has 1 atom stereocenters. The highest BCUT2D eigenvalue weighted by atomic mass is 16.5. The second-order valence-electron chi connectivity index (χ2n) is 6.38. The topological polar surface area (TPSA) is 73.4 Å². The molecule has 1 aliphatic heterocycles. The van der Waals surface area contributed by atoms with E-state index in [-0.39, 0.29) is 11.9 Å². The van der Waals surface area contributed by atoms with Crippen molar-refractivity contribution in [3.63, 3.8) is 0 Å². The van der Waals surface area contributed by atoms with Crippen molar-refractivity contribution in [1.29, 1.82) is 0 Å². The molecule has 0 saturated carbocycles. The average molecular weight is 352 g/mol. The lowest BCUT2D eigenvalue weighted by atomic mass is 10.1. The van der Waals surface area contributed by atoms with Crippen molar-refractivity contribution in [3.05, 3.63) is 66.1 Å². The van der Waals surface area contributed by atoms with Gasteiger partial charge in [0.2, 0.25) is 0 Å². The Kier molecular flexibility index (Phi) is 4.43. The van der Waals surface area contributed by atoms with Gasteiger partial charge in [-0.1, -0.05) is 0 Å². The minimum Gasteiger partial charge on any atom is -0.490 e. The summed E-state index contributed by atoms with van der Waals surface area (Å²) in [6.07, 6.45) is 7.23. The molecule has 0 aromatic carbocycles. The number of rotatable bonds is 4. The summed E-state index contributed by atoms with van der Waals surface area (Å²) in [5.41, 5.74) is 2.50. The molecule has 0 saturated heterocycles. The molecule has 0 aliphatic carbocycles. The van der Waals surface area contributed by atoms with E-state index in [4.69, 9.17) is 9.15 Å². The van der Waals surface area contributed by atoms with Crippen LogP contribution in [0.15, 0.2) is 53.6 Å². The molecular formula is C19H20N4O3. The van der Waals surface area contributed by atoms with Crippen LogP contribution < -0.4 is 4.74 Å². The summed E-state index contributed by atoms with van der Waals surface area (Å²) in [4.78, 5) is 19.1. The van der Waals surface area contributed by atoms with Crippen molar-refractivity contribution in [1.82, 2.24) is 19.7 Å². The lowest BCUT2D eigenvalue weighted by molar-refractivity contribution is 0.0588. The van der Waals surface area contributed by atoms with Crippen molar-refractivity contribution in [3.8, 4) is 5.75 Å². The van der Waals surface area contributed by atoms with E-state index in [1.54, 1.807) is 18.5 Å². The number of hydrogen-bond donors (Lipinski definition) is 0. The van der Waals surface area contributed by atoms with Crippen molar-refractivity contribution >= 4 is 5.91 Å². The molecule has 26 heavy (non-hydrogen) atoms. The number of furan rings is 1. The summed E-state index contributed by atoms with van der Waals surface area (Å²) < 4.78 is 13.0. The predicted octanol–water partition coefficient (Wildman–Crippen LogP) is 2.67. The third-order valence-corrected chi connectivity index (χ3v) is 4.61. The van der Waals surface area contributed by atoms with E-state index >= 15 is 0 Å². The number of aryl methyl sites for hydroxylation is 2. The van der Waals surface area contributed by atoms with Crippen LogP contribution in [0.2, 0.25) is 0 Å². The molecule has 0 bridgehead atoms. The maximum Gasteiger partial charge on any atom is 0.257 e. The van der Waals surface area contributed by atoms with E-state index in [2.05, 4.69) is 10.1 Å². The first-order valence-electron chi connectivity index (χ1n) is 8.60. The lowest BCUT2D eigenvalue weighted by Crippen LogP contribution is -2.42. The maximum atomic E-state index is 13.0. The summed E-state index contributed by atoms with van der Waals surface area (Å²) in [7, 11) is 0. The van der Waals surface area contributed by atoms with Gasteiger partial charge in [0.15, 0.2) is 0 Å². The number of pyridine rings is 1. The molecule has 7 nitrogen and oxygen atoms in total. The number of carbonyl (C=O) groups excluding carboxylic acids is 1. The highest BCUT2D eigenvalue weighted by Crippen LogP contribution is 2.21. The second kappa shape index (κ2) is 7.03. The number of aromatic nitrogens is 3. The largest absolute Gasteiger partial charge is 0.490 e. The molecule has 0 spiro atoms. The van der Waals surface area contributed by atoms with Crippen LogP contribution in [0.1, 0.15) is 28.2 Å². The Morgan fingerprint density at radius 3 is 3.04 bits per heavy atom. The van der Waals surface area contributed by atoms with Crippen LogP contribution >= 0.6 is 0 Å². The monoisotopic (exact) mass is 352 g/mol. The highest BCUT2D eigenvalue weighted by Gasteiger charge is 2.29. The minimum absolute atomic E-state index is 0.0657. The van der Waals surface area contributed by atoms with E-state index in [1.165, 1.54) is 12.5 Å². The number of ether oxygens (including phenoxy) is 1. The van der Waals surface area contributed by atoms with E-state index in [1.807, 2.05) is 34.7 Å². The van der Waals surface area contributed by atoms with Gasteiger partial charge in [-0.2, -0.15) is 5.10 Å². The van der Waals surface area contributed by atoms with Gasteiger partial charge < -0.3 is 14.1 Å². The molecule has 7 heteroatoms. The first-order chi connectivity index (χ1) is 12.7. The standard InChI is InChI=1S/C19H20N4O3/c1-14-2-3-18(10-20-14)26-13-17-5-8-23-16(4-7-21-23)11-22(17)19(24)15-6-9-25-12-15/h2-4,6-7,9-10,12,17H,5,8,11,13H2,1H3/t17-/m1/s1. The highest BCUT2D eigenvalue weighted by molar-refractivity contribution is 5.94. The zero-order chi connectivity index (χ0) is 17.9. The summed E-state index contributed by atoms with van der Waals surface area (Å²) >= 11 is 0. The molecular weight excluding hydrogens is 332 g/mol. The van der Waals surface area contributed by atoms with Crippen LogP contribution in [-0.2, 0) is 13.1 Å². The maximum absolute atomic E-state index is 13.0. The Hall–Kier alpha value is -3.09. The van der Waals surface area contributed by atoms with Crippen LogP contribution in [0.4, 0.5) is 0 Å². The zero-order valence-electron chi connectivity index (χ0n) is 14.5. The normalized spacial score (nSPS) is 16.8. The van der Waals surface area contributed by atoms with Crippen molar-refractivity contribution in [2.24, 2.45) is 0 Å². The summed E-state index contributed by atoms with van der Waals surface area (Å²) in [5.74, 6) is 0.636. The molecule has 0 N–H and O–H groups in total. The van der Waals surface area contributed by atoms with Crippen LogP contribution in [0.5, 0.6) is 5.75 Å². The number of fused-ring (bicyclic) bond motifs is 1. The van der Waals surface area contributed by atoms with Gasteiger partial charge in [-0.05, 0) is 37.6 Å². The Balaban J connectivity index is 1.54.